The second-order valence-electron chi connectivity index (χ2n) is 13.5. The van der Waals surface area contributed by atoms with Gasteiger partial charge >= 0.3 is 66.1 Å². The van der Waals surface area contributed by atoms with Gasteiger partial charge in [-0.3, -0.25) is 9.98 Å². The van der Waals surface area contributed by atoms with Crippen molar-refractivity contribution in [2.75, 3.05) is 39.3 Å². The molecule has 2 unspecified atom stereocenters. The maximum Gasteiger partial charge on any atom is 2.00 e. The quantitative estimate of drug-likeness (QED) is 0.143. The van der Waals surface area contributed by atoms with E-state index >= 15 is 0 Å². The van der Waals surface area contributed by atoms with Gasteiger partial charge in [-0.2, -0.15) is 0 Å². The number of rotatable bonds is 6. The second kappa shape index (κ2) is 22.7. The van der Waals surface area contributed by atoms with Crippen LogP contribution in [0.2, 0.25) is 0 Å². The average Bonchev–Trinajstić information content (AvgIpc) is 3.53. The Hall–Kier alpha value is -1.17. The van der Waals surface area contributed by atoms with Crippen molar-refractivity contribution in [2.45, 2.75) is 62.7 Å². The van der Waals surface area contributed by atoms with Crippen LogP contribution in [0.15, 0.2) is 131 Å². The first-order valence-electron chi connectivity index (χ1n) is 18.7. The van der Waals surface area contributed by atoms with Crippen molar-refractivity contribution in [1.82, 2.24) is 9.80 Å². The Morgan fingerprint density at radius 2 is 0.722 bits per heavy atom. The van der Waals surface area contributed by atoms with E-state index in [2.05, 4.69) is 131 Å². The van der Waals surface area contributed by atoms with Gasteiger partial charge in [-0.25, -0.2) is 0 Å². The summed E-state index contributed by atoms with van der Waals surface area (Å²) < 4.78 is 0. The summed E-state index contributed by atoms with van der Waals surface area (Å²) in [6.45, 7) is 6.80. The van der Waals surface area contributed by atoms with Gasteiger partial charge in [0.2, 0.25) is 0 Å². The zero-order chi connectivity index (χ0) is 36.9. The number of hydrogen-bond acceptors (Lipinski definition) is 4. The van der Waals surface area contributed by atoms with Gasteiger partial charge in [0.05, 0.1) is 0 Å². The van der Waals surface area contributed by atoms with Crippen LogP contribution in [-0.2, 0) is 25.3 Å². The molecule has 8 rings (SSSR count). The Labute approximate surface area is 355 Å². The molecular formula is C42H50Cl4N4Ni2P2. The Kier molecular flexibility index (Phi) is 18.5. The molecule has 0 saturated carbocycles. The number of halogens is 4. The van der Waals surface area contributed by atoms with E-state index < -0.39 is 24.7 Å². The summed E-state index contributed by atoms with van der Waals surface area (Å²) in [6.07, 6.45) is 10.2. The van der Waals surface area contributed by atoms with E-state index in [1.807, 2.05) is 0 Å². The first kappa shape index (κ1) is 43.9. The summed E-state index contributed by atoms with van der Waals surface area (Å²) in [7, 11) is 16.5. The molecule has 4 nitrogen and oxygen atoms in total. The first-order valence-corrected chi connectivity index (χ1v) is 27.0. The minimum absolute atomic E-state index is 0. The molecule has 4 aromatic rings. The summed E-state index contributed by atoms with van der Waals surface area (Å²) in [5.41, 5.74) is 1.13. The van der Waals surface area contributed by atoms with Crippen molar-refractivity contribution >= 4 is 89.5 Å². The maximum absolute atomic E-state index is 5.02. The standard InChI is InChI=1S/2C21H25N2P.4ClH.2Ni/c2*1-3-10-18(11-4-1)24(19-12-5-2-6-13-19)20-14-7-8-16-23-17-9-15-22-21(20)23;;;;;;/h2*1-6,10-13,20H,7-9,14-17H2;4*1H;;/q;;;;;;2*+2/p-4. The van der Waals surface area contributed by atoms with E-state index in [0.717, 1.165) is 13.1 Å². The molecule has 2 fully saturated rings. The van der Waals surface area contributed by atoms with Crippen molar-refractivity contribution in [3.63, 3.8) is 0 Å². The van der Waals surface area contributed by atoms with E-state index in [4.69, 9.17) is 50.8 Å². The first-order chi connectivity index (χ1) is 25.9. The minimum Gasteiger partial charge on any atom is -0.360 e. The normalized spacial score (nSPS) is 20.2. The summed E-state index contributed by atoms with van der Waals surface area (Å²) in [5, 5.41) is 5.94. The smallest absolute Gasteiger partial charge is 0.360 e. The maximum atomic E-state index is 5.02. The molecule has 0 aliphatic carbocycles. The SMILES string of the molecule is [Cl][Ni-2]([Cl])([Cl])[Cl].[Ni+2].c1ccc(P(c2ccccc2)C2CCCCN3CCCN=C23)cc1.c1ccc(P(c2ccccc2)C2CCCCN3CCCN=C23)cc1. The molecule has 296 valence electrons. The molecule has 4 aliphatic rings. The van der Waals surface area contributed by atoms with Gasteiger partial charge in [-0.05, 0) is 75.6 Å². The molecule has 54 heavy (non-hydrogen) atoms. The number of aliphatic imine (C=N–C) groups is 2. The predicted octanol–water partition coefficient (Wildman–Crippen LogP) is 10.3. The number of hydrogen-bond donors (Lipinski definition) is 0. The topological polar surface area (TPSA) is 31.2 Å². The van der Waals surface area contributed by atoms with Gasteiger partial charge in [0.15, 0.2) is 0 Å². The van der Waals surface area contributed by atoms with Crippen LogP contribution in [0.5, 0.6) is 0 Å². The van der Waals surface area contributed by atoms with Crippen LogP contribution in [0.3, 0.4) is 0 Å². The van der Waals surface area contributed by atoms with Crippen LogP contribution in [0.1, 0.15) is 51.4 Å². The number of fused-ring (bicyclic) bond motifs is 2. The molecule has 12 heteroatoms. The van der Waals surface area contributed by atoms with E-state index in [9.17, 15) is 0 Å². The Balaban J connectivity index is 0.000000182. The summed E-state index contributed by atoms with van der Waals surface area (Å²) in [5.74, 6) is 2.80. The van der Waals surface area contributed by atoms with E-state index in [1.165, 1.54) is 110 Å². The van der Waals surface area contributed by atoms with E-state index in [-0.39, 0.29) is 16.5 Å². The molecule has 0 radical (unpaired) electrons. The Bertz CT molecular complexity index is 1530. The molecule has 0 spiro atoms. The zero-order valence-corrected chi connectivity index (χ0v) is 37.2. The van der Waals surface area contributed by atoms with Crippen LogP contribution in [0, 0.1) is 0 Å². The van der Waals surface area contributed by atoms with Crippen LogP contribution in [-0.4, -0.2) is 72.1 Å². The fourth-order valence-electron chi connectivity index (χ4n) is 7.82. The van der Waals surface area contributed by atoms with Crippen molar-refractivity contribution in [3.8, 4) is 0 Å². The van der Waals surface area contributed by atoms with Gasteiger partial charge in [0, 0.05) is 50.6 Å². The molecule has 4 aliphatic heterocycles. The molecule has 2 atom stereocenters. The molecule has 0 N–H and O–H groups in total. The summed E-state index contributed by atoms with van der Waals surface area (Å²) >= 11 is 0. The fourth-order valence-corrected chi connectivity index (χ4v) is 13.7. The Morgan fingerprint density at radius 1 is 0.444 bits per heavy atom. The van der Waals surface area contributed by atoms with Gasteiger partial charge in [-0.1, -0.05) is 134 Å². The third-order valence-corrected chi connectivity index (χ3v) is 15.7. The molecule has 4 heterocycles. The summed E-state index contributed by atoms with van der Waals surface area (Å²) in [6, 6.07) is 44.5. The van der Waals surface area contributed by atoms with E-state index in [0.29, 0.717) is 11.3 Å². The third kappa shape index (κ3) is 12.9. The molecule has 0 bridgehead atoms. The van der Waals surface area contributed by atoms with Crippen LogP contribution in [0.4, 0.5) is 0 Å². The van der Waals surface area contributed by atoms with Crippen molar-refractivity contribution in [2.24, 2.45) is 9.98 Å². The number of amidine groups is 2. The molecular weight excluding hydrogens is 882 g/mol. The number of benzene rings is 4. The van der Waals surface area contributed by atoms with Crippen LogP contribution in [0.25, 0.3) is 0 Å². The fraction of sp³-hybridized carbons (Fsp3) is 0.381. The van der Waals surface area contributed by atoms with E-state index in [1.54, 1.807) is 0 Å². The zero-order valence-electron chi connectivity index (χ0n) is 30.4. The molecule has 0 amide bonds. The second-order valence-corrected chi connectivity index (χ2v) is 28.1. The van der Waals surface area contributed by atoms with Crippen molar-refractivity contribution < 1.29 is 25.3 Å². The molecule has 4 aromatic carbocycles. The van der Waals surface area contributed by atoms with Crippen molar-refractivity contribution in [3.05, 3.63) is 121 Å². The van der Waals surface area contributed by atoms with Gasteiger partial charge in [0.25, 0.3) is 0 Å². The summed E-state index contributed by atoms with van der Waals surface area (Å²) in [4.78, 5) is 15.2. The number of nitrogens with zero attached hydrogens (tertiary/aromatic N) is 4. The largest absolute Gasteiger partial charge is 2.00 e. The van der Waals surface area contributed by atoms with Crippen LogP contribution >= 0.6 is 56.6 Å². The predicted molar refractivity (Wildman–Crippen MR) is 234 cm³/mol. The molecule has 0 aromatic heterocycles. The third-order valence-electron chi connectivity index (χ3n) is 10.0. The van der Waals surface area contributed by atoms with Gasteiger partial charge < -0.3 is 9.80 Å². The van der Waals surface area contributed by atoms with Crippen LogP contribution < -0.4 is 21.2 Å². The van der Waals surface area contributed by atoms with Gasteiger partial charge in [0.1, 0.15) is 11.7 Å². The minimum atomic E-state index is -2.36. The van der Waals surface area contributed by atoms with Gasteiger partial charge in [-0.15, -0.1) is 0 Å². The average molecular weight is 932 g/mol. The monoisotopic (exact) mass is 928 g/mol. The molecule has 2 saturated heterocycles. The van der Waals surface area contributed by atoms with Crippen molar-refractivity contribution in [1.29, 1.82) is 0 Å². The Morgan fingerprint density at radius 3 is 1.02 bits per heavy atom.